The summed E-state index contributed by atoms with van der Waals surface area (Å²) in [7, 11) is -4.21. The zero-order valence-electron chi connectivity index (χ0n) is 26.2. The Morgan fingerprint density at radius 2 is 1.98 bits per heavy atom. The Labute approximate surface area is 269 Å². The molecule has 1 amide bonds. The highest BCUT2D eigenvalue weighted by atomic mass is 32.2. The summed E-state index contributed by atoms with van der Waals surface area (Å²) in [5.41, 5.74) is 2.80. The molecule has 2 aliphatic rings. The molecule has 0 aliphatic carbocycles. The molecule has 1 fully saturated rings. The Balaban J connectivity index is 1.46. The van der Waals surface area contributed by atoms with Gasteiger partial charge in [0.05, 0.1) is 34.2 Å². The molecule has 0 unspecified atom stereocenters. The van der Waals surface area contributed by atoms with Crippen LogP contribution >= 0.6 is 11.3 Å². The standard InChI is InChI=1S/C33H43FN4O5S2/c1-4-43-30(39)10-9-23-17-24-20-33(2,3)21-35-31(24)28(18-23)45(41,42)37-26(19-29-36-25-7-5-6-8-27(25)44-29)32(40)38-15-12-22(11-14-34)13-16-38/h5-8,17-18,22,26,35,37H,4,9-16,19-21H2,1-3H3/t26-/m1/s1. The number of alkyl halides is 1. The molecular weight excluding hydrogens is 616 g/mol. The van der Waals surface area contributed by atoms with Crippen LogP contribution in [0.4, 0.5) is 10.1 Å². The van der Waals surface area contributed by atoms with Gasteiger partial charge in [-0.15, -0.1) is 11.3 Å². The highest BCUT2D eigenvalue weighted by Gasteiger charge is 2.36. The number of ether oxygens (including phenoxy) is 1. The van der Waals surface area contributed by atoms with Gasteiger partial charge >= 0.3 is 5.97 Å². The van der Waals surface area contributed by atoms with Gasteiger partial charge in [0.1, 0.15) is 10.9 Å². The smallest absolute Gasteiger partial charge is 0.306 e. The minimum atomic E-state index is -4.21. The molecule has 1 atom stereocenters. The van der Waals surface area contributed by atoms with E-state index >= 15 is 0 Å². The lowest BCUT2D eigenvalue weighted by atomic mass is 9.81. The molecule has 45 heavy (non-hydrogen) atoms. The van der Waals surface area contributed by atoms with Crippen LogP contribution in [-0.2, 0) is 43.6 Å². The van der Waals surface area contributed by atoms with E-state index in [1.54, 1.807) is 17.9 Å². The van der Waals surface area contributed by atoms with Gasteiger partial charge in [0.2, 0.25) is 15.9 Å². The number of aryl methyl sites for hydroxylation is 1. The van der Waals surface area contributed by atoms with Crippen molar-refractivity contribution in [1.29, 1.82) is 0 Å². The lowest BCUT2D eigenvalue weighted by Crippen LogP contribution is -2.51. The van der Waals surface area contributed by atoms with Crippen molar-refractivity contribution in [2.45, 2.75) is 76.7 Å². The fourth-order valence-corrected chi connectivity index (χ4v) is 8.72. The number of hydrogen-bond acceptors (Lipinski definition) is 8. The van der Waals surface area contributed by atoms with Crippen molar-refractivity contribution in [2.24, 2.45) is 11.3 Å². The van der Waals surface area contributed by atoms with Crippen LogP contribution in [0.5, 0.6) is 0 Å². The lowest BCUT2D eigenvalue weighted by Gasteiger charge is -2.35. The molecule has 0 radical (unpaired) electrons. The second-order valence-corrected chi connectivity index (χ2v) is 15.6. The average molecular weight is 659 g/mol. The van der Waals surface area contributed by atoms with Gasteiger partial charge in [-0.3, -0.25) is 14.0 Å². The second-order valence-electron chi connectivity index (χ2n) is 12.8. The Kier molecular flexibility index (Phi) is 10.4. The summed E-state index contributed by atoms with van der Waals surface area (Å²) >= 11 is 1.44. The average Bonchev–Trinajstić information content (AvgIpc) is 3.41. The first-order chi connectivity index (χ1) is 21.5. The summed E-state index contributed by atoms with van der Waals surface area (Å²) in [4.78, 5) is 32.6. The Hall–Kier alpha value is -3.09. The van der Waals surface area contributed by atoms with Crippen molar-refractivity contribution in [3.8, 4) is 0 Å². The minimum Gasteiger partial charge on any atom is -0.466 e. The summed E-state index contributed by atoms with van der Waals surface area (Å²) in [5, 5.41) is 4.00. The van der Waals surface area contributed by atoms with Gasteiger partial charge in [-0.2, -0.15) is 4.72 Å². The fourth-order valence-electron chi connectivity index (χ4n) is 6.25. The molecule has 2 aliphatic heterocycles. The number of para-hydroxylation sites is 1. The maximum absolute atomic E-state index is 14.3. The van der Waals surface area contributed by atoms with E-state index in [4.69, 9.17) is 9.72 Å². The van der Waals surface area contributed by atoms with Gasteiger partial charge in [-0.25, -0.2) is 13.4 Å². The number of esters is 1. The van der Waals surface area contributed by atoms with Gasteiger partial charge in [-0.1, -0.05) is 32.0 Å². The van der Waals surface area contributed by atoms with Crippen LogP contribution in [0.2, 0.25) is 0 Å². The largest absolute Gasteiger partial charge is 0.466 e. The Morgan fingerprint density at radius 3 is 2.69 bits per heavy atom. The number of amides is 1. The molecule has 3 aromatic rings. The molecule has 1 saturated heterocycles. The monoisotopic (exact) mass is 658 g/mol. The number of halogens is 1. The third-order valence-corrected chi connectivity index (χ3v) is 11.2. The van der Waals surface area contributed by atoms with E-state index in [0.717, 1.165) is 15.8 Å². The van der Waals surface area contributed by atoms with Crippen LogP contribution in [0.15, 0.2) is 41.3 Å². The molecule has 5 rings (SSSR count). The maximum atomic E-state index is 14.3. The van der Waals surface area contributed by atoms with Crippen LogP contribution < -0.4 is 10.0 Å². The number of nitrogens with one attached hydrogen (secondary N) is 2. The summed E-state index contributed by atoms with van der Waals surface area (Å²) in [6, 6.07) is 10.2. The molecule has 2 N–H and O–H groups in total. The molecular formula is C33H43FN4O5S2. The normalized spacial score (nSPS) is 17.5. The third-order valence-electron chi connectivity index (χ3n) is 8.62. The van der Waals surface area contributed by atoms with Crippen LogP contribution in [0, 0.1) is 11.3 Å². The predicted octanol–water partition coefficient (Wildman–Crippen LogP) is 5.27. The Bertz CT molecular complexity index is 1600. The SMILES string of the molecule is CCOC(=O)CCc1cc2c(c(S(=O)(=O)N[C@H](Cc3nc4ccccc4s3)C(=O)N3CCC(CCF)CC3)c1)NCC(C)(C)C2. The predicted molar refractivity (Wildman–Crippen MR) is 175 cm³/mol. The van der Waals surface area contributed by atoms with Gasteiger partial charge in [0.25, 0.3) is 0 Å². The van der Waals surface area contributed by atoms with Crippen molar-refractivity contribution < 1.29 is 27.1 Å². The van der Waals surface area contributed by atoms with Crippen molar-refractivity contribution in [2.75, 3.05) is 38.2 Å². The van der Waals surface area contributed by atoms with Crippen LogP contribution in [0.25, 0.3) is 10.2 Å². The van der Waals surface area contributed by atoms with E-state index in [2.05, 4.69) is 23.9 Å². The zero-order valence-corrected chi connectivity index (χ0v) is 27.9. The van der Waals surface area contributed by atoms with Crippen molar-refractivity contribution in [3.63, 3.8) is 0 Å². The number of sulfonamides is 1. The Morgan fingerprint density at radius 1 is 1.22 bits per heavy atom. The summed E-state index contributed by atoms with van der Waals surface area (Å²) < 4.78 is 50.4. The van der Waals surface area contributed by atoms with Gasteiger partial charge < -0.3 is 15.0 Å². The number of rotatable bonds is 12. The van der Waals surface area contributed by atoms with Gasteiger partial charge in [0, 0.05) is 32.5 Å². The van der Waals surface area contributed by atoms with Crippen LogP contribution in [-0.4, -0.2) is 69.1 Å². The highest BCUT2D eigenvalue weighted by Crippen LogP contribution is 2.38. The van der Waals surface area contributed by atoms with Crippen LogP contribution in [0.1, 0.15) is 62.6 Å². The molecule has 3 heterocycles. The van der Waals surface area contributed by atoms with Gasteiger partial charge in [-0.05, 0) is 79.7 Å². The van der Waals surface area contributed by atoms with Crippen molar-refractivity contribution in [3.05, 3.63) is 52.5 Å². The zero-order chi connectivity index (χ0) is 32.2. The van der Waals surface area contributed by atoms with E-state index in [1.807, 2.05) is 30.3 Å². The van der Waals surface area contributed by atoms with Crippen LogP contribution in [0.3, 0.4) is 0 Å². The molecule has 0 spiro atoms. The highest BCUT2D eigenvalue weighted by molar-refractivity contribution is 7.89. The number of anilines is 1. The molecule has 1 aromatic heterocycles. The lowest BCUT2D eigenvalue weighted by molar-refractivity contribution is -0.143. The topological polar surface area (TPSA) is 118 Å². The quantitative estimate of drug-likeness (QED) is 0.255. The van der Waals surface area contributed by atoms with E-state index in [-0.39, 0.29) is 54.2 Å². The number of benzene rings is 2. The first kappa shape index (κ1) is 33.3. The number of thiazole rings is 1. The molecule has 2 aromatic carbocycles. The summed E-state index contributed by atoms with van der Waals surface area (Å²) in [6.45, 7) is 7.38. The fraction of sp³-hybridized carbons (Fsp3) is 0.545. The summed E-state index contributed by atoms with van der Waals surface area (Å²) in [6.07, 6.45) is 3.08. The van der Waals surface area contributed by atoms with E-state index < -0.39 is 16.1 Å². The van der Waals surface area contributed by atoms with Crippen molar-refractivity contribution >= 4 is 49.1 Å². The van der Waals surface area contributed by atoms with Gasteiger partial charge in [0.15, 0.2) is 0 Å². The third kappa shape index (κ3) is 8.20. The number of carbonyl (C=O) groups excluding carboxylic acids is 2. The second kappa shape index (κ2) is 14.1. The van der Waals surface area contributed by atoms with E-state index in [9.17, 15) is 22.4 Å². The first-order valence-corrected chi connectivity index (χ1v) is 18.0. The minimum absolute atomic E-state index is 0.0677. The van der Waals surface area contributed by atoms with E-state index in [0.29, 0.717) is 68.0 Å². The number of likely N-dealkylation sites (tertiary alicyclic amines) is 1. The van der Waals surface area contributed by atoms with E-state index in [1.165, 1.54) is 11.3 Å². The molecule has 0 bridgehead atoms. The molecule has 0 saturated carbocycles. The summed E-state index contributed by atoms with van der Waals surface area (Å²) in [5.74, 6) is -0.427. The number of hydrogen-bond donors (Lipinski definition) is 2. The molecule has 244 valence electrons. The number of carbonyl (C=O) groups is 2. The molecule has 9 nitrogen and oxygen atoms in total. The molecule has 12 heteroatoms. The first-order valence-electron chi connectivity index (χ1n) is 15.7. The number of fused-ring (bicyclic) bond motifs is 2. The number of piperidine rings is 1. The number of nitrogens with zero attached hydrogens (tertiary/aromatic N) is 2. The van der Waals surface area contributed by atoms with Crippen molar-refractivity contribution in [1.82, 2.24) is 14.6 Å². The maximum Gasteiger partial charge on any atom is 0.306 e. The number of aromatic nitrogens is 1.